The number of halogens is 1. The third-order valence-electron chi connectivity index (χ3n) is 4.38. The fraction of sp³-hybridized carbons (Fsp3) is 0.211. The zero-order valence-corrected chi connectivity index (χ0v) is 14.4. The second kappa shape index (κ2) is 7.35. The molecule has 2 atom stereocenters. The maximum atomic E-state index is 13.2. The third-order valence-corrected chi connectivity index (χ3v) is 4.38. The van der Waals surface area contributed by atoms with Crippen LogP contribution in [0.4, 0.5) is 20.6 Å². The van der Waals surface area contributed by atoms with Gasteiger partial charge in [0.15, 0.2) is 0 Å². The van der Waals surface area contributed by atoms with Gasteiger partial charge in [-0.25, -0.2) is 14.6 Å². The molecule has 0 aromatic heterocycles. The monoisotopic (exact) mass is 354 g/mol. The summed E-state index contributed by atoms with van der Waals surface area (Å²) in [5.74, 6) is -0.759. The van der Waals surface area contributed by atoms with Crippen LogP contribution in [-0.4, -0.2) is 17.6 Å². The van der Waals surface area contributed by atoms with E-state index in [4.69, 9.17) is 0 Å². The summed E-state index contributed by atoms with van der Waals surface area (Å²) in [5.41, 5.74) is 5.02. The number of amides is 3. The van der Waals surface area contributed by atoms with Gasteiger partial charge in [0.05, 0.1) is 5.71 Å². The molecule has 1 aliphatic heterocycles. The van der Waals surface area contributed by atoms with E-state index in [1.54, 1.807) is 24.3 Å². The number of hydrogen-bond donors (Lipinski definition) is 3. The van der Waals surface area contributed by atoms with E-state index < -0.39 is 11.8 Å². The quantitative estimate of drug-likeness (QED) is 0.787. The number of nitrogens with zero attached hydrogens (tertiary/aromatic N) is 1. The summed E-state index contributed by atoms with van der Waals surface area (Å²) in [5, 5.41) is 9.44. The van der Waals surface area contributed by atoms with E-state index >= 15 is 0 Å². The minimum absolute atomic E-state index is 0.0416. The van der Waals surface area contributed by atoms with Crippen molar-refractivity contribution >= 4 is 29.0 Å². The van der Waals surface area contributed by atoms with Crippen LogP contribution in [0.3, 0.4) is 0 Å². The highest BCUT2D eigenvalue weighted by Crippen LogP contribution is 2.23. The van der Waals surface area contributed by atoms with Crippen molar-refractivity contribution < 1.29 is 14.0 Å². The fourth-order valence-electron chi connectivity index (χ4n) is 2.73. The van der Waals surface area contributed by atoms with Gasteiger partial charge in [-0.2, -0.15) is 5.10 Å². The average Bonchev–Trinajstić information content (AvgIpc) is 2.60. The summed E-state index contributed by atoms with van der Waals surface area (Å²) in [6, 6.07) is 12.4. The lowest BCUT2D eigenvalue weighted by atomic mass is 9.86. The lowest BCUT2D eigenvalue weighted by Gasteiger charge is -2.25. The minimum atomic E-state index is -0.479. The van der Waals surface area contributed by atoms with Crippen LogP contribution in [0.5, 0.6) is 0 Å². The van der Waals surface area contributed by atoms with E-state index in [0.717, 1.165) is 11.3 Å². The van der Waals surface area contributed by atoms with E-state index in [0.29, 0.717) is 11.4 Å². The van der Waals surface area contributed by atoms with Crippen molar-refractivity contribution in [2.75, 3.05) is 10.6 Å². The number of carbonyl (C=O) groups excluding carboxylic acids is 2. The zero-order chi connectivity index (χ0) is 18.7. The molecular weight excluding hydrogens is 335 g/mol. The second-order valence-electron chi connectivity index (χ2n) is 6.22. The number of carbonyl (C=O) groups is 2. The van der Waals surface area contributed by atoms with Crippen LogP contribution in [-0.2, 0) is 4.79 Å². The highest BCUT2D eigenvalue weighted by Gasteiger charge is 2.29. The van der Waals surface area contributed by atoms with Crippen molar-refractivity contribution in [2.24, 2.45) is 16.9 Å². The van der Waals surface area contributed by atoms with Crippen molar-refractivity contribution in [1.82, 2.24) is 5.43 Å². The smallest absolute Gasteiger partial charge is 0.308 e. The summed E-state index contributed by atoms with van der Waals surface area (Å²) >= 11 is 0. The van der Waals surface area contributed by atoms with Gasteiger partial charge in [-0.15, -0.1) is 0 Å². The summed E-state index contributed by atoms with van der Waals surface area (Å²) in [6.45, 7) is 3.79. The van der Waals surface area contributed by atoms with Crippen molar-refractivity contribution in [3.05, 3.63) is 59.9 Å². The third kappa shape index (κ3) is 3.88. The first-order valence-corrected chi connectivity index (χ1v) is 8.25. The molecule has 2 aromatic rings. The first-order chi connectivity index (χ1) is 12.4. The lowest BCUT2D eigenvalue weighted by molar-refractivity contribution is -0.125. The molecule has 0 saturated carbocycles. The van der Waals surface area contributed by atoms with Crippen molar-refractivity contribution in [1.29, 1.82) is 0 Å². The van der Waals surface area contributed by atoms with Crippen LogP contribution < -0.4 is 16.1 Å². The number of nitrogens with one attached hydrogen (secondary N) is 3. The maximum Gasteiger partial charge on any atom is 0.323 e. The fourth-order valence-corrected chi connectivity index (χ4v) is 2.73. The van der Waals surface area contributed by atoms with Gasteiger partial charge in [-0.3, -0.25) is 4.79 Å². The van der Waals surface area contributed by atoms with E-state index in [1.807, 2.05) is 19.9 Å². The van der Waals surface area contributed by atoms with Gasteiger partial charge in [-0.05, 0) is 30.3 Å². The van der Waals surface area contributed by atoms with Gasteiger partial charge in [0.1, 0.15) is 5.82 Å². The summed E-state index contributed by atoms with van der Waals surface area (Å²) < 4.78 is 13.2. The zero-order valence-electron chi connectivity index (χ0n) is 14.4. The molecule has 1 heterocycles. The van der Waals surface area contributed by atoms with Gasteiger partial charge in [0.25, 0.3) is 0 Å². The van der Waals surface area contributed by atoms with Gasteiger partial charge >= 0.3 is 6.03 Å². The van der Waals surface area contributed by atoms with Gasteiger partial charge in [0, 0.05) is 28.8 Å². The van der Waals surface area contributed by atoms with E-state index in [9.17, 15) is 14.0 Å². The highest BCUT2D eigenvalue weighted by molar-refractivity contribution is 6.07. The molecule has 0 radical (unpaired) electrons. The SMILES string of the molecule is CC1C(=O)NN=C(c2cccc(NC(=O)Nc3cccc(F)c3)c2)C1C. The molecule has 0 bridgehead atoms. The molecule has 3 rings (SSSR count). The number of urea groups is 1. The Bertz CT molecular complexity index is 881. The predicted octanol–water partition coefficient (Wildman–Crippen LogP) is 3.58. The average molecular weight is 354 g/mol. The summed E-state index contributed by atoms with van der Waals surface area (Å²) in [7, 11) is 0. The number of hydrogen-bond acceptors (Lipinski definition) is 3. The molecule has 1 aliphatic rings. The minimum Gasteiger partial charge on any atom is -0.308 e. The molecule has 0 saturated heterocycles. The lowest BCUT2D eigenvalue weighted by Crippen LogP contribution is -2.39. The van der Waals surface area contributed by atoms with E-state index in [1.165, 1.54) is 18.2 Å². The molecular formula is C19H19FN4O2. The maximum absolute atomic E-state index is 13.2. The van der Waals surface area contributed by atoms with Crippen LogP contribution in [0.15, 0.2) is 53.6 Å². The Kier molecular flexibility index (Phi) is 4.97. The van der Waals surface area contributed by atoms with Crippen LogP contribution in [0.25, 0.3) is 0 Å². The Hall–Kier alpha value is -3.22. The molecule has 26 heavy (non-hydrogen) atoms. The topological polar surface area (TPSA) is 82.6 Å². The molecule has 2 unspecified atom stereocenters. The molecule has 6 nitrogen and oxygen atoms in total. The number of rotatable bonds is 3. The van der Waals surface area contributed by atoms with E-state index in [-0.39, 0.29) is 17.7 Å². The van der Waals surface area contributed by atoms with Crippen molar-refractivity contribution in [3.8, 4) is 0 Å². The Labute approximate surface area is 150 Å². The van der Waals surface area contributed by atoms with Gasteiger partial charge in [0.2, 0.25) is 5.91 Å². The molecule has 3 N–H and O–H groups in total. The number of anilines is 2. The van der Waals surface area contributed by atoms with Crippen LogP contribution in [0.2, 0.25) is 0 Å². The van der Waals surface area contributed by atoms with Gasteiger partial charge in [-0.1, -0.05) is 32.0 Å². The molecule has 134 valence electrons. The van der Waals surface area contributed by atoms with Crippen molar-refractivity contribution in [3.63, 3.8) is 0 Å². The summed E-state index contributed by atoms with van der Waals surface area (Å²) in [4.78, 5) is 23.8. The highest BCUT2D eigenvalue weighted by atomic mass is 19.1. The molecule has 2 aromatic carbocycles. The standard InChI is InChI=1S/C19H19FN4O2/c1-11-12(2)18(25)24-23-17(11)13-5-3-7-15(9-13)21-19(26)22-16-8-4-6-14(20)10-16/h3-12H,1-2H3,(H,24,25)(H2,21,22,26). The second-order valence-corrected chi connectivity index (χ2v) is 6.22. The van der Waals surface area contributed by atoms with Crippen molar-refractivity contribution in [2.45, 2.75) is 13.8 Å². The number of hydrazone groups is 1. The Morgan fingerprint density at radius 3 is 2.38 bits per heavy atom. The van der Waals surface area contributed by atoms with Gasteiger partial charge < -0.3 is 10.6 Å². The Morgan fingerprint density at radius 2 is 1.69 bits per heavy atom. The first-order valence-electron chi connectivity index (χ1n) is 8.25. The normalized spacial score (nSPS) is 19.3. The molecule has 0 aliphatic carbocycles. The Morgan fingerprint density at radius 1 is 1.04 bits per heavy atom. The molecule has 7 heteroatoms. The molecule has 0 fully saturated rings. The van der Waals surface area contributed by atoms with Crippen LogP contribution in [0, 0.1) is 17.7 Å². The van der Waals surface area contributed by atoms with E-state index in [2.05, 4.69) is 21.2 Å². The molecule has 0 spiro atoms. The largest absolute Gasteiger partial charge is 0.323 e. The first kappa shape index (κ1) is 17.6. The Balaban J connectivity index is 1.73. The van der Waals surface area contributed by atoms with Crippen LogP contribution >= 0.6 is 0 Å². The predicted molar refractivity (Wildman–Crippen MR) is 98.5 cm³/mol. The number of benzene rings is 2. The van der Waals surface area contributed by atoms with Crippen LogP contribution in [0.1, 0.15) is 19.4 Å². The summed E-state index contributed by atoms with van der Waals surface area (Å²) in [6.07, 6.45) is 0. The molecule has 3 amide bonds.